The second-order valence-corrected chi connectivity index (χ2v) is 10.5. The summed E-state index contributed by atoms with van der Waals surface area (Å²) in [7, 11) is 0. The van der Waals surface area contributed by atoms with Gasteiger partial charge in [-0.1, -0.05) is 0 Å². The molecular formula is C24H32F6N2O2. The summed E-state index contributed by atoms with van der Waals surface area (Å²) in [5.41, 5.74) is -0.534. The number of carbonyl (C=O) groups is 1. The molecular weight excluding hydrogens is 462 g/mol. The van der Waals surface area contributed by atoms with E-state index in [4.69, 9.17) is 4.74 Å². The maximum Gasteiger partial charge on any atom is 0.454 e. The van der Waals surface area contributed by atoms with Crippen molar-refractivity contribution in [2.45, 2.75) is 64.1 Å². The zero-order chi connectivity index (χ0) is 25.3. The molecule has 1 saturated carbocycles. The zero-order valence-corrected chi connectivity index (χ0v) is 19.7. The summed E-state index contributed by atoms with van der Waals surface area (Å²) < 4.78 is 83.7. The van der Waals surface area contributed by atoms with E-state index in [0.29, 0.717) is 43.0 Å². The van der Waals surface area contributed by atoms with Gasteiger partial charge >= 0.3 is 12.1 Å². The molecule has 0 unspecified atom stereocenters. The van der Waals surface area contributed by atoms with Gasteiger partial charge in [0, 0.05) is 11.6 Å². The normalized spacial score (nSPS) is 22.5. The summed E-state index contributed by atoms with van der Waals surface area (Å²) in [5, 5.41) is 2.71. The number of nitrogens with zero attached hydrogens (tertiary/aromatic N) is 1. The largest absolute Gasteiger partial charge is 0.493 e. The molecule has 34 heavy (non-hydrogen) atoms. The Labute approximate surface area is 196 Å². The number of likely N-dealkylation sites (tertiary alicyclic amines) is 1. The van der Waals surface area contributed by atoms with Gasteiger partial charge in [-0.3, -0.25) is 9.69 Å². The van der Waals surface area contributed by atoms with Crippen molar-refractivity contribution in [3.63, 3.8) is 0 Å². The van der Waals surface area contributed by atoms with Crippen molar-refractivity contribution < 1.29 is 35.9 Å². The Hall–Kier alpha value is -1.97. The molecule has 0 bridgehead atoms. The van der Waals surface area contributed by atoms with Gasteiger partial charge in [0.05, 0.1) is 18.7 Å². The van der Waals surface area contributed by atoms with Gasteiger partial charge in [-0.05, 0) is 89.4 Å². The molecule has 0 spiro atoms. The number of piperidine rings is 1. The highest BCUT2D eigenvalue weighted by molar-refractivity contribution is 5.95. The minimum Gasteiger partial charge on any atom is -0.493 e. The van der Waals surface area contributed by atoms with Crippen LogP contribution in [0.15, 0.2) is 18.2 Å². The highest BCUT2D eigenvalue weighted by atomic mass is 19.4. The van der Waals surface area contributed by atoms with Crippen molar-refractivity contribution in [3.8, 4) is 5.75 Å². The molecule has 1 heterocycles. The SMILES string of the molecule is CC(C)(C)NC(=O)c1ccc(OCC[C@@H]2C[C@@H]2C2CCN(CC(F)(F)C(F)(F)F)CC2)cc1F. The highest BCUT2D eigenvalue weighted by Crippen LogP contribution is 2.50. The van der Waals surface area contributed by atoms with E-state index in [9.17, 15) is 31.1 Å². The van der Waals surface area contributed by atoms with Crippen LogP contribution in [0.5, 0.6) is 5.75 Å². The average molecular weight is 495 g/mol. The Morgan fingerprint density at radius 1 is 1.12 bits per heavy atom. The van der Waals surface area contributed by atoms with Gasteiger partial charge in [0.15, 0.2) is 0 Å². The first-order valence-corrected chi connectivity index (χ1v) is 11.6. The summed E-state index contributed by atoms with van der Waals surface area (Å²) in [4.78, 5) is 13.3. The van der Waals surface area contributed by atoms with Gasteiger partial charge in [0.25, 0.3) is 5.91 Å². The third kappa shape index (κ3) is 7.02. The molecule has 3 rings (SSSR count). The third-order valence-electron chi connectivity index (χ3n) is 6.48. The van der Waals surface area contributed by atoms with E-state index in [1.54, 1.807) is 26.8 Å². The lowest BCUT2D eigenvalue weighted by Gasteiger charge is -2.34. The summed E-state index contributed by atoms with van der Waals surface area (Å²) in [6.07, 6.45) is -2.57. The smallest absolute Gasteiger partial charge is 0.454 e. The molecule has 1 aromatic carbocycles. The molecule has 0 radical (unpaired) electrons. The molecule has 1 aliphatic heterocycles. The summed E-state index contributed by atoms with van der Waals surface area (Å²) in [6.45, 7) is 5.00. The van der Waals surface area contributed by atoms with E-state index in [1.807, 2.05) is 0 Å². The number of hydrogen-bond donors (Lipinski definition) is 1. The van der Waals surface area contributed by atoms with Crippen molar-refractivity contribution in [2.75, 3.05) is 26.2 Å². The fourth-order valence-electron chi connectivity index (χ4n) is 4.60. The van der Waals surface area contributed by atoms with Crippen LogP contribution in [0.4, 0.5) is 26.3 Å². The molecule has 2 fully saturated rings. The Morgan fingerprint density at radius 2 is 1.76 bits per heavy atom. The molecule has 1 aliphatic carbocycles. The maximum absolute atomic E-state index is 14.3. The zero-order valence-electron chi connectivity index (χ0n) is 19.7. The lowest BCUT2D eigenvalue weighted by atomic mass is 9.90. The van der Waals surface area contributed by atoms with Gasteiger partial charge in [0.1, 0.15) is 11.6 Å². The van der Waals surface area contributed by atoms with E-state index in [-0.39, 0.29) is 18.7 Å². The Morgan fingerprint density at radius 3 is 2.32 bits per heavy atom. The van der Waals surface area contributed by atoms with Crippen LogP contribution in [-0.4, -0.2) is 54.7 Å². The minimum atomic E-state index is -5.52. The third-order valence-corrected chi connectivity index (χ3v) is 6.48. The quantitative estimate of drug-likeness (QED) is 0.474. The second kappa shape index (κ2) is 9.95. The van der Waals surface area contributed by atoms with Crippen molar-refractivity contribution >= 4 is 5.91 Å². The Bertz CT molecular complexity index is 860. The monoisotopic (exact) mass is 494 g/mol. The van der Waals surface area contributed by atoms with Crippen molar-refractivity contribution in [2.24, 2.45) is 17.8 Å². The number of nitrogens with one attached hydrogen (secondary N) is 1. The predicted molar refractivity (Wildman–Crippen MR) is 115 cm³/mol. The number of benzene rings is 1. The van der Waals surface area contributed by atoms with Crippen molar-refractivity contribution in [1.29, 1.82) is 0 Å². The van der Waals surface area contributed by atoms with Crippen LogP contribution in [0.2, 0.25) is 0 Å². The van der Waals surface area contributed by atoms with Gasteiger partial charge in [-0.15, -0.1) is 0 Å². The number of hydrogen-bond acceptors (Lipinski definition) is 3. The lowest BCUT2D eigenvalue weighted by molar-refractivity contribution is -0.287. The van der Waals surface area contributed by atoms with Crippen molar-refractivity contribution in [3.05, 3.63) is 29.6 Å². The van der Waals surface area contributed by atoms with E-state index in [2.05, 4.69) is 5.32 Å². The molecule has 1 N–H and O–H groups in total. The molecule has 1 saturated heterocycles. The number of ether oxygens (including phenoxy) is 1. The predicted octanol–water partition coefficient (Wildman–Crippen LogP) is 5.67. The van der Waals surface area contributed by atoms with Crippen LogP contribution in [-0.2, 0) is 0 Å². The molecule has 2 atom stereocenters. The topological polar surface area (TPSA) is 41.6 Å². The maximum atomic E-state index is 14.3. The number of carbonyl (C=O) groups excluding carboxylic acids is 1. The standard InChI is InChI=1S/C24H32F6N2O2/c1-22(2,3)31-21(33)18-5-4-17(13-20(18)25)34-11-8-16-12-19(16)15-6-9-32(10-7-15)14-23(26,27)24(28,29)30/h4-5,13,15-16,19H,6-12,14H2,1-3H3,(H,31,33)/t16-,19-/m1/s1. The first-order valence-electron chi connectivity index (χ1n) is 11.6. The summed E-state index contributed by atoms with van der Waals surface area (Å²) in [5.74, 6) is -4.35. The van der Waals surface area contributed by atoms with Gasteiger partial charge < -0.3 is 10.1 Å². The number of amides is 1. The van der Waals surface area contributed by atoms with Crippen LogP contribution in [0.25, 0.3) is 0 Å². The minimum absolute atomic E-state index is 0.0520. The average Bonchev–Trinajstić information content (AvgIpc) is 3.45. The van der Waals surface area contributed by atoms with Gasteiger partial charge in [0.2, 0.25) is 0 Å². The van der Waals surface area contributed by atoms with Crippen LogP contribution >= 0.6 is 0 Å². The van der Waals surface area contributed by atoms with E-state index in [1.165, 1.54) is 17.0 Å². The molecule has 192 valence electrons. The van der Waals surface area contributed by atoms with E-state index >= 15 is 0 Å². The molecule has 1 aromatic rings. The Balaban J connectivity index is 1.38. The first kappa shape index (κ1) is 26.6. The number of alkyl halides is 5. The van der Waals surface area contributed by atoms with Gasteiger partial charge in [-0.2, -0.15) is 22.0 Å². The molecule has 10 heteroatoms. The number of rotatable bonds is 8. The Kier molecular flexibility index (Phi) is 7.79. The molecule has 0 aromatic heterocycles. The van der Waals surface area contributed by atoms with Crippen LogP contribution in [0.1, 0.15) is 56.8 Å². The van der Waals surface area contributed by atoms with Crippen molar-refractivity contribution in [1.82, 2.24) is 10.2 Å². The molecule has 2 aliphatic rings. The fourth-order valence-corrected chi connectivity index (χ4v) is 4.60. The van der Waals surface area contributed by atoms with Crippen LogP contribution in [0.3, 0.4) is 0 Å². The first-order chi connectivity index (χ1) is 15.7. The molecule has 1 amide bonds. The second-order valence-electron chi connectivity index (χ2n) is 10.5. The molecule has 4 nitrogen and oxygen atoms in total. The fraction of sp³-hybridized carbons (Fsp3) is 0.708. The van der Waals surface area contributed by atoms with Crippen LogP contribution in [0, 0.1) is 23.6 Å². The van der Waals surface area contributed by atoms with E-state index in [0.717, 1.165) is 12.8 Å². The summed E-state index contributed by atoms with van der Waals surface area (Å²) in [6, 6.07) is 4.13. The van der Waals surface area contributed by atoms with Crippen LogP contribution < -0.4 is 10.1 Å². The van der Waals surface area contributed by atoms with E-state index < -0.39 is 35.9 Å². The lowest BCUT2D eigenvalue weighted by Crippen LogP contribution is -2.49. The van der Waals surface area contributed by atoms with Gasteiger partial charge in [-0.25, -0.2) is 4.39 Å². The highest BCUT2D eigenvalue weighted by Gasteiger charge is 2.58. The summed E-state index contributed by atoms with van der Waals surface area (Å²) >= 11 is 0. The number of halogens is 6.